The summed E-state index contributed by atoms with van der Waals surface area (Å²) >= 11 is 6.07. The van der Waals surface area contributed by atoms with Crippen LogP contribution in [0.1, 0.15) is 35.2 Å². The highest BCUT2D eigenvalue weighted by atomic mass is 35.5. The molecule has 3 aliphatic rings. The number of amides is 2. The number of aryl methyl sites for hydroxylation is 1. The largest absolute Gasteiger partial charge is 0.339 e. The molecule has 158 valence electrons. The Bertz CT molecular complexity index is 751. The summed E-state index contributed by atoms with van der Waals surface area (Å²) < 4.78 is 0. The van der Waals surface area contributed by atoms with Crippen molar-refractivity contribution in [3.8, 4) is 0 Å². The van der Waals surface area contributed by atoms with Crippen LogP contribution in [0, 0.1) is 6.92 Å². The van der Waals surface area contributed by atoms with Gasteiger partial charge in [0.2, 0.25) is 5.91 Å². The highest BCUT2D eigenvalue weighted by molar-refractivity contribution is 6.31. The predicted molar refractivity (Wildman–Crippen MR) is 114 cm³/mol. The van der Waals surface area contributed by atoms with Crippen molar-refractivity contribution in [3.63, 3.8) is 0 Å². The molecule has 2 saturated heterocycles. The summed E-state index contributed by atoms with van der Waals surface area (Å²) in [4.78, 5) is 34.1. The van der Waals surface area contributed by atoms with Gasteiger partial charge in [0.25, 0.3) is 5.91 Å². The van der Waals surface area contributed by atoms with Gasteiger partial charge in [-0.2, -0.15) is 0 Å². The monoisotopic (exact) mass is 418 g/mol. The highest BCUT2D eigenvalue weighted by Gasteiger charge is 2.30. The molecule has 7 heteroatoms. The molecule has 1 aromatic rings. The second-order valence-electron chi connectivity index (χ2n) is 8.53. The van der Waals surface area contributed by atoms with Crippen LogP contribution < -0.4 is 0 Å². The molecule has 0 unspecified atom stereocenters. The van der Waals surface area contributed by atoms with E-state index < -0.39 is 0 Å². The van der Waals surface area contributed by atoms with Crippen molar-refractivity contribution in [1.82, 2.24) is 19.6 Å². The number of benzene rings is 1. The van der Waals surface area contributed by atoms with Crippen LogP contribution in [-0.4, -0.2) is 96.4 Å². The third kappa shape index (κ3) is 4.76. The Kier molecular flexibility index (Phi) is 6.42. The maximum atomic E-state index is 12.7. The molecule has 0 bridgehead atoms. The maximum absolute atomic E-state index is 12.7. The fraction of sp³-hybridized carbons (Fsp3) is 0.636. The van der Waals surface area contributed by atoms with Gasteiger partial charge in [-0.3, -0.25) is 19.4 Å². The van der Waals surface area contributed by atoms with Crippen molar-refractivity contribution >= 4 is 23.4 Å². The average Bonchev–Trinajstić information content (AvgIpc) is 2.69. The first-order valence-electron chi connectivity index (χ1n) is 10.8. The minimum absolute atomic E-state index is 0.0443. The summed E-state index contributed by atoms with van der Waals surface area (Å²) in [5.41, 5.74) is 1.60. The molecule has 1 saturated carbocycles. The van der Waals surface area contributed by atoms with Gasteiger partial charge in [0.05, 0.1) is 6.54 Å². The molecule has 0 atom stereocenters. The molecule has 3 fully saturated rings. The summed E-state index contributed by atoms with van der Waals surface area (Å²) in [5.74, 6) is 0.272. The number of rotatable bonds is 4. The van der Waals surface area contributed by atoms with Gasteiger partial charge < -0.3 is 9.80 Å². The maximum Gasteiger partial charge on any atom is 0.253 e. The Morgan fingerprint density at radius 2 is 1.62 bits per heavy atom. The van der Waals surface area contributed by atoms with E-state index in [1.165, 1.54) is 19.3 Å². The van der Waals surface area contributed by atoms with E-state index in [4.69, 9.17) is 11.6 Å². The number of hydrogen-bond acceptors (Lipinski definition) is 4. The van der Waals surface area contributed by atoms with E-state index in [0.717, 1.165) is 50.9 Å². The number of carbonyl (C=O) groups excluding carboxylic acids is 2. The zero-order valence-electron chi connectivity index (χ0n) is 17.3. The van der Waals surface area contributed by atoms with E-state index in [9.17, 15) is 9.59 Å². The lowest BCUT2D eigenvalue weighted by Crippen LogP contribution is -2.56. The smallest absolute Gasteiger partial charge is 0.253 e. The molecule has 1 aliphatic carbocycles. The molecule has 2 heterocycles. The summed E-state index contributed by atoms with van der Waals surface area (Å²) in [6.45, 7) is 8.90. The van der Waals surface area contributed by atoms with Gasteiger partial charge >= 0.3 is 0 Å². The number of carbonyl (C=O) groups is 2. The zero-order valence-corrected chi connectivity index (χ0v) is 18.0. The van der Waals surface area contributed by atoms with Gasteiger partial charge in [-0.25, -0.2) is 0 Å². The van der Waals surface area contributed by atoms with E-state index in [1.807, 2.05) is 22.8 Å². The van der Waals surface area contributed by atoms with Crippen molar-refractivity contribution in [2.75, 3.05) is 58.9 Å². The van der Waals surface area contributed by atoms with Gasteiger partial charge in [-0.1, -0.05) is 18.0 Å². The summed E-state index contributed by atoms with van der Waals surface area (Å²) in [5, 5.41) is 0.679. The van der Waals surface area contributed by atoms with Crippen LogP contribution in [0.25, 0.3) is 0 Å². The first kappa shape index (κ1) is 20.6. The molecule has 6 nitrogen and oxygen atoms in total. The van der Waals surface area contributed by atoms with Crippen molar-refractivity contribution in [2.45, 2.75) is 32.2 Å². The van der Waals surface area contributed by atoms with Crippen molar-refractivity contribution < 1.29 is 9.59 Å². The summed E-state index contributed by atoms with van der Waals surface area (Å²) in [6.07, 6.45) is 4.01. The lowest BCUT2D eigenvalue weighted by molar-refractivity contribution is -0.135. The van der Waals surface area contributed by atoms with Gasteiger partial charge in [0.15, 0.2) is 0 Å². The first-order chi connectivity index (χ1) is 14.0. The highest BCUT2D eigenvalue weighted by Crippen LogP contribution is 2.25. The van der Waals surface area contributed by atoms with Gasteiger partial charge in [-0.15, -0.1) is 0 Å². The molecule has 29 heavy (non-hydrogen) atoms. The SMILES string of the molecule is Cc1cc(C(=O)N2CCN(CC(=O)N3CCN(C4CCC4)CC3)CC2)ccc1Cl. The van der Waals surface area contributed by atoms with Gasteiger partial charge in [0.1, 0.15) is 0 Å². The Labute approximate surface area is 178 Å². The molecule has 4 rings (SSSR count). The Morgan fingerprint density at radius 1 is 0.966 bits per heavy atom. The normalized spacial score (nSPS) is 21.9. The minimum atomic E-state index is 0.0443. The molecule has 2 aliphatic heterocycles. The third-order valence-electron chi connectivity index (χ3n) is 6.68. The fourth-order valence-corrected chi connectivity index (χ4v) is 4.57. The van der Waals surface area contributed by atoms with Crippen LogP contribution in [0.5, 0.6) is 0 Å². The van der Waals surface area contributed by atoms with Crippen molar-refractivity contribution in [2.24, 2.45) is 0 Å². The van der Waals surface area contributed by atoms with E-state index in [2.05, 4.69) is 9.80 Å². The molecule has 0 spiro atoms. The van der Waals surface area contributed by atoms with Gasteiger partial charge in [0, 0.05) is 69.0 Å². The van der Waals surface area contributed by atoms with E-state index in [0.29, 0.717) is 30.2 Å². The van der Waals surface area contributed by atoms with Crippen LogP contribution in [0.3, 0.4) is 0 Å². The van der Waals surface area contributed by atoms with Crippen LogP contribution >= 0.6 is 11.6 Å². The van der Waals surface area contributed by atoms with E-state index in [-0.39, 0.29) is 11.8 Å². The first-order valence-corrected chi connectivity index (χ1v) is 11.2. The third-order valence-corrected chi connectivity index (χ3v) is 7.11. The number of nitrogens with zero attached hydrogens (tertiary/aromatic N) is 4. The predicted octanol–water partition coefficient (Wildman–Crippen LogP) is 2.10. The molecule has 2 amide bonds. The van der Waals surface area contributed by atoms with Gasteiger partial charge in [-0.05, 0) is 43.5 Å². The molecule has 1 aromatic carbocycles. The number of piperazine rings is 2. The lowest BCUT2D eigenvalue weighted by atomic mass is 9.91. The quantitative estimate of drug-likeness (QED) is 0.751. The average molecular weight is 419 g/mol. The minimum Gasteiger partial charge on any atom is -0.339 e. The Balaban J connectivity index is 1.22. The molecule has 0 radical (unpaired) electrons. The number of hydrogen-bond donors (Lipinski definition) is 0. The molecular formula is C22H31ClN4O2. The standard InChI is InChI=1S/C22H31ClN4O2/c1-17-15-18(5-6-20(17)23)22(29)27-9-7-24(8-10-27)16-21(28)26-13-11-25(12-14-26)19-3-2-4-19/h5-6,15,19H,2-4,7-14,16H2,1H3. The van der Waals surface area contributed by atoms with Crippen molar-refractivity contribution in [3.05, 3.63) is 34.3 Å². The fourth-order valence-electron chi connectivity index (χ4n) is 4.45. The lowest BCUT2D eigenvalue weighted by Gasteiger charge is -2.43. The Morgan fingerprint density at radius 3 is 2.21 bits per heavy atom. The zero-order chi connectivity index (χ0) is 20.4. The molecule has 0 aromatic heterocycles. The second-order valence-corrected chi connectivity index (χ2v) is 8.94. The van der Waals surface area contributed by atoms with Crippen LogP contribution in [0.4, 0.5) is 0 Å². The summed E-state index contributed by atoms with van der Waals surface area (Å²) in [6, 6.07) is 6.19. The molecular weight excluding hydrogens is 388 g/mol. The van der Waals surface area contributed by atoms with E-state index in [1.54, 1.807) is 12.1 Å². The van der Waals surface area contributed by atoms with E-state index >= 15 is 0 Å². The van der Waals surface area contributed by atoms with Crippen LogP contribution in [0.2, 0.25) is 5.02 Å². The van der Waals surface area contributed by atoms with Crippen molar-refractivity contribution in [1.29, 1.82) is 0 Å². The Hall–Kier alpha value is -1.63. The second kappa shape index (κ2) is 9.02. The number of halogens is 1. The van der Waals surface area contributed by atoms with Crippen LogP contribution in [-0.2, 0) is 4.79 Å². The topological polar surface area (TPSA) is 47.1 Å². The van der Waals surface area contributed by atoms with Crippen LogP contribution in [0.15, 0.2) is 18.2 Å². The summed E-state index contributed by atoms with van der Waals surface area (Å²) in [7, 11) is 0. The molecule has 0 N–H and O–H groups in total.